The quantitative estimate of drug-likeness (QED) is 0.320. The zero-order chi connectivity index (χ0) is 27.8. The van der Waals surface area contributed by atoms with Crippen LogP contribution in [0.25, 0.3) is 10.9 Å². The van der Waals surface area contributed by atoms with Gasteiger partial charge in [-0.15, -0.1) is 0 Å². The second kappa shape index (κ2) is 13.5. The van der Waals surface area contributed by atoms with Gasteiger partial charge in [-0.3, -0.25) is 14.4 Å². The van der Waals surface area contributed by atoms with Gasteiger partial charge < -0.3 is 30.4 Å². The maximum Gasteiger partial charge on any atom is 0.407 e. The summed E-state index contributed by atoms with van der Waals surface area (Å²) in [5, 5.41) is 18.9. The molecule has 2 fully saturated rings. The molecule has 10 heteroatoms. The van der Waals surface area contributed by atoms with E-state index in [1.165, 1.54) is 19.3 Å². The molecule has 4 rings (SSSR count). The SMILES string of the molecule is Cn1c(C(=O)N[C@@H](CCCNC(=O)OCC2CCCCC2)C(=O)N[C@H]2CCC[C@H]2C(=O)O)cc2ccccc21. The van der Waals surface area contributed by atoms with E-state index in [0.717, 1.165) is 30.2 Å². The lowest BCUT2D eigenvalue weighted by molar-refractivity contribution is -0.142. The third-order valence-electron chi connectivity index (χ3n) is 8.08. The second-order valence-electron chi connectivity index (χ2n) is 10.8. The summed E-state index contributed by atoms with van der Waals surface area (Å²) in [5.41, 5.74) is 1.32. The Hall–Kier alpha value is -3.56. The van der Waals surface area contributed by atoms with E-state index in [0.29, 0.717) is 44.0 Å². The first-order valence-corrected chi connectivity index (χ1v) is 14.1. The van der Waals surface area contributed by atoms with Crippen molar-refractivity contribution in [2.75, 3.05) is 13.2 Å². The van der Waals surface area contributed by atoms with Crippen LogP contribution in [0.2, 0.25) is 0 Å². The summed E-state index contributed by atoms with van der Waals surface area (Å²) < 4.78 is 7.14. The summed E-state index contributed by atoms with van der Waals surface area (Å²) in [7, 11) is 1.80. The number of alkyl carbamates (subject to hydrolysis) is 1. The lowest BCUT2D eigenvalue weighted by Crippen LogP contribution is -2.51. The molecule has 3 amide bonds. The van der Waals surface area contributed by atoms with E-state index < -0.39 is 41.9 Å². The van der Waals surface area contributed by atoms with E-state index in [2.05, 4.69) is 16.0 Å². The molecule has 39 heavy (non-hydrogen) atoms. The van der Waals surface area contributed by atoms with Crippen LogP contribution in [0.3, 0.4) is 0 Å². The molecule has 0 spiro atoms. The summed E-state index contributed by atoms with van der Waals surface area (Å²) in [6, 6.07) is 8.05. The third-order valence-corrected chi connectivity index (χ3v) is 8.08. The second-order valence-corrected chi connectivity index (χ2v) is 10.8. The van der Waals surface area contributed by atoms with Crippen LogP contribution in [0.15, 0.2) is 30.3 Å². The summed E-state index contributed by atoms with van der Waals surface area (Å²) in [6.07, 6.45) is 7.82. The average molecular weight is 541 g/mol. The molecule has 2 aromatic rings. The highest BCUT2D eigenvalue weighted by atomic mass is 16.5. The molecular weight excluding hydrogens is 500 g/mol. The van der Waals surface area contributed by atoms with Gasteiger partial charge in [0.2, 0.25) is 5.91 Å². The van der Waals surface area contributed by atoms with Gasteiger partial charge in [0, 0.05) is 30.5 Å². The van der Waals surface area contributed by atoms with Crippen molar-refractivity contribution in [3.8, 4) is 0 Å². The Morgan fingerprint density at radius 3 is 2.56 bits per heavy atom. The number of aromatic nitrogens is 1. The molecular formula is C29H40N4O6. The summed E-state index contributed by atoms with van der Waals surface area (Å²) in [4.78, 5) is 50.2. The first kappa shape index (κ1) is 28.4. The standard InChI is InChI=1S/C29H40N4O6/c1-33-24-15-6-5-11-20(24)17-25(33)27(35)32-23(26(34)31-22-13-7-12-21(22)28(36)37)14-8-16-30-29(38)39-18-19-9-3-2-4-10-19/h5-6,11,15,17,19,21-23H,2-4,7-10,12-14,16,18H2,1H3,(H,30,38)(H,31,34)(H,32,35)(H,36,37)/t21-,22+,23+/m1/s1. The Labute approximate surface area is 228 Å². The Balaban J connectivity index is 1.34. The van der Waals surface area contributed by atoms with E-state index in [1.54, 1.807) is 17.7 Å². The highest BCUT2D eigenvalue weighted by Gasteiger charge is 2.35. The third kappa shape index (κ3) is 7.52. The molecule has 0 aliphatic heterocycles. The first-order valence-electron chi connectivity index (χ1n) is 14.1. The lowest BCUT2D eigenvalue weighted by Gasteiger charge is -2.23. The number of benzene rings is 1. The molecule has 1 heterocycles. The predicted octanol–water partition coefficient (Wildman–Crippen LogP) is 3.73. The summed E-state index contributed by atoms with van der Waals surface area (Å²) in [5.74, 6) is -1.95. The zero-order valence-electron chi connectivity index (χ0n) is 22.6. The van der Waals surface area contributed by atoms with E-state index in [-0.39, 0.29) is 6.42 Å². The molecule has 1 aromatic carbocycles. The Kier molecular flexibility index (Phi) is 9.84. The molecule has 2 aliphatic rings. The predicted molar refractivity (Wildman–Crippen MR) is 146 cm³/mol. The average Bonchev–Trinajstić information content (AvgIpc) is 3.54. The maximum atomic E-state index is 13.3. The number of carboxylic acid groups (broad SMARTS) is 1. The van der Waals surface area contributed by atoms with Crippen LogP contribution in [0.1, 0.15) is 74.7 Å². The number of rotatable bonds is 11. The van der Waals surface area contributed by atoms with Crippen molar-refractivity contribution in [3.63, 3.8) is 0 Å². The Morgan fingerprint density at radius 1 is 1.05 bits per heavy atom. The monoisotopic (exact) mass is 540 g/mol. The molecule has 212 valence electrons. The number of ether oxygens (including phenoxy) is 1. The number of nitrogens with zero attached hydrogens (tertiary/aromatic N) is 1. The number of carboxylic acids is 1. The van der Waals surface area contributed by atoms with Gasteiger partial charge >= 0.3 is 12.1 Å². The number of carbonyl (C=O) groups excluding carboxylic acids is 3. The minimum absolute atomic E-state index is 0.273. The van der Waals surface area contributed by atoms with Crippen LogP contribution < -0.4 is 16.0 Å². The van der Waals surface area contributed by atoms with Crippen molar-refractivity contribution in [2.24, 2.45) is 18.9 Å². The van der Waals surface area contributed by atoms with Gasteiger partial charge in [-0.1, -0.05) is 43.9 Å². The topological polar surface area (TPSA) is 139 Å². The molecule has 1 aromatic heterocycles. The van der Waals surface area contributed by atoms with Gasteiger partial charge in [0.1, 0.15) is 11.7 Å². The van der Waals surface area contributed by atoms with E-state index in [9.17, 15) is 24.3 Å². The normalized spacial score (nSPS) is 20.3. The van der Waals surface area contributed by atoms with Crippen LogP contribution in [0.5, 0.6) is 0 Å². The zero-order valence-corrected chi connectivity index (χ0v) is 22.6. The number of aryl methyl sites for hydroxylation is 1. The van der Waals surface area contributed by atoms with Crippen molar-refractivity contribution < 1.29 is 29.0 Å². The van der Waals surface area contributed by atoms with Crippen LogP contribution >= 0.6 is 0 Å². The smallest absolute Gasteiger partial charge is 0.407 e. The molecule has 2 aliphatic carbocycles. The van der Waals surface area contributed by atoms with Crippen molar-refractivity contribution in [3.05, 3.63) is 36.0 Å². The number of hydrogen-bond donors (Lipinski definition) is 4. The highest BCUT2D eigenvalue weighted by Crippen LogP contribution is 2.26. The molecule has 0 radical (unpaired) electrons. The van der Waals surface area contributed by atoms with Crippen molar-refractivity contribution in [1.29, 1.82) is 0 Å². The van der Waals surface area contributed by atoms with Crippen molar-refractivity contribution in [2.45, 2.75) is 76.3 Å². The number of hydrogen-bond acceptors (Lipinski definition) is 5. The van der Waals surface area contributed by atoms with Crippen LogP contribution in [0, 0.1) is 11.8 Å². The van der Waals surface area contributed by atoms with E-state index in [1.807, 2.05) is 24.3 Å². The van der Waals surface area contributed by atoms with E-state index in [4.69, 9.17) is 4.74 Å². The van der Waals surface area contributed by atoms with Crippen molar-refractivity contribution >= 4 is 34.8 Å². The van der Waals surface area contributed by atoms with Gasteiger partial charge in [-0.25, -0.2) is 4.79 Å². The van der Waals surface area contributed by atoms with Gasteiger partial charge in [-0.05, 0) is 56.6 Å². The molecule has 2 saturated carbocycles. The fourth-order valence-electron chi connectivity index (χ4n) is 5.81. The van der Waals surface area contributed by atoms with Crippen LogP contribution in [-0.2, 0) is 21.4 Å². The number of fused-ring (bicyclic) bond motifs is 1. The van der Waals surface area contributed by atoms with Gasteiger partial charge in [-0.2, -0.15) is 0 Å². The fourth-order valence-corrected chi connectivity index (χ4v) is 5.81. The molecule has 4 N–H and O–H groups in total. The first-order chi connectivity index (χ1) is 18.8. The Morgan fingerprint density at radius 2 is 1.82 bits per heavy atom. The minimum atomic E-state index is -0.926. The molecule has 3 atom stereocenters. The number of aliphatic carboxylic acids is 1. The molecule has 0 bridgehead atoms. The summed E-state index contributed by atoms with van der Waals surface area (Å²) >= 11 is 0. The molecule has 0 saturated heterocycles. The van der Waals surface area contributed by atoms with Crippen LogP contribution in [0.4, 0.5) is 4.79 Å². The van der Waals surface area contributed by atoms with E-state index >= 15 is 0 Å². The van der Waals surface area contributed by atoms with Crippen LogP contribution in [-0.4, -0.2) is 58.8 Å². The lowest BCUT2D eigenvalue weighted by atomic mass is 9.90. The number of amides is 3. The summed E-state index contributed by atoms with van der Waals surface area (Å²) in [6.45, 7) is 0.711. The highest BCUT2D eigenvalue weighted by molar-refractivity contribution is 6.00. The maximum absolute atomic E-state index is 13.3. The number of nitrogens with one attached hydrogen (secondary N) is 3. The largest absolute Gasteiger partial charge is 0.481 e. The fraction of sp³-hybridized carbons (Fsp3) is 0.586. The molecule has 10 nitrogen and oxygen atoms in total. The minimum Gasteiger partial charge on any atom is -0.481 e. The van der Waals surface area contributed by atoms with Gasteiger partial charge in [0.25, 0.3) is 5.91 Å². The number of carbonyl (C=O) groups is 4. The van der Waals surface area contributed by atoms with Crippen molar-refractivity contribution in [1.82, 2.24) is 20.5 Å². The molecule has 0 unspecified atom stereocenters. The number of para-hydroxylation sites is 1. The van der Waals surface area contributed by atoms with Gasteiger partial charge in [0.05, 0.1) is 12.5 Å². The Bertz CT molecular complexity index is 1170. The van der Waals surface area contributed by atoms with Gasteiger partial charge in [0.15, 0.2) is 0 Å².